The number of hydrogen-bond donors (Lipinski definition) is 3. The Morgan fingerprint density at radius 1 is 0.383 bits per heavy atom. The molecule has 0 saturated heterocycles. The minimum atomic E-state index is -2.43. The normalized spacial score (nSPS) is 13.9. The summed E-state index contributed by atoms with van der Waals surface area (Å²) in [5.74, 6) is -1.08. The lowest BCUT2D eigenvalue weighted by Gasteiger charge is -2.35. The molecule has 5 heteroatoms. The van der Waals surface area contributed by atoms with Crippen LogP contribution in [0.4, 0.5) is 0 Å². The molecular weight excluding hydrogens is 741 g/mol. The van der Waals surface area contributed by atoms with Gasteiger partial charge in [0.15, 0.2) is 23.3 Å². The molecule has 3 atom stereocenters. The number of allylic oxidation sites excluding steroid dienone is 2. The molecule has 0 rings (SSSR count). The summed E-state index contributed by atoms with van der Waals surface area (Å²) in [4.78, 5) is 26.9. The van der Waals surface area contributed by atoms with Crippen molar-refractivity contribution < 1.29 is 24.9 Å². The number of Topliss-reactive ketones (excluding diaryl/α,β-unsaturated/α-hetero) is 2. The zero-order chi connectivity index (χ0) is 44.0. The molecule has 0 aliphatic heterocycles. The second-order valence-electron chi connectivity index (χ2n) is 19.1. The van der Waals surface area contributed by atoms with Crippen molar-refractivity contribution >= 4 is 11.6 Å². The Morgan fingerprint density at radius 3 is 0.983 bits per heavy atom. The van der Waals surface area contributed by atoms with E-state index in [9.17, 15) is 24.9 Å². The Hall–Kier alpha value is -1.04. The Labute approximate surface area is 374 Å². The molecule has 356 valence electrons. The molecule has 0 saturated carbocycles. The zero-order valence-electron chi connectivity index (χ0n) is 40.8. The van der Waals surface area contributed by atoms with Crippen molar-refractivity contribution in [2.45, 2.75) is 328 Å². The van der Waals surface area contributed by atoms with E-state index in [2.05, 4.69) is 32.9 Å². The monoisotopic (exact) mass is 847 g/mol. The van der Waals surface area contributed by atoms with Crippen molar-refractivity contribution in [3.63, 3.8) is 0 Å². The Kier molecular flexibility index (Phi) is 45.2. The molecule has 0 heterocycles. The first-order chi connectivity index (χ1) is 29.4. The first-order valence-electron chi connectivity index (χ1n) is 27.2. The van der Waals surface area contributed by atoms with Gasteiger partial charge in [-0.2, -0.15) is 0 Å². The molecule has 0 spiro atoms. The van der Waals surface area contributed by atoms with Crippen molar-refractivity contribution in [1.82, 2.24) is 0 Å². The van der Waals surface area contributed by atoms with Crippen LogP contribution in [0.2, 0.25) is 0 Å². The van der Waals surface area contributed by atoms with Gasteiger partial charge in [-0.25, -0.2) is 0 Å². The number of unbranched alkanes of at least 4 members (excludes halogenated alkanes) is 38. The molecule has 3 unspecified atom stereocenters. The van der Waals surface area contributed by atoms with Crippen LogP contribution in [0, 0.1) is 0 Å². The standard InChI is InChI=1S/C55H106O5/c1-4-7-10-13-16-19-22-25-27-29-32-35-38-41-44-47-50-53(58)55(60,52(57)49-46-43-40-37-34-31-28-26-23-20-17-14-11-8-5-2)54(59)51(56)48-45-42-39-36-33-30-24-21-18-15-12-9-6-3/h26,28,53-54,58-60H,4-25,27,29-50H2,1-3H3/b28-26-. The van der Waals surface area contributed by atoms with Crippen LogP contribution in [0.3, 0.4) is 0 Å². The van der Waals surface area contributed by atoms with E-state index in [1.165, 1.54) is 180 Å². The van der Waals surface area contributed by atoms with E-state index in [0.29, 0.717) is 19.3 Å². The molecule has 0 aliphatic carbocycles. The Bertz CT molecular complexity index is 932. The number of aliphatic hydroxyl groups is 3. The smallest absolute Gasteiger partial charge is 0.181 e. The summed E-state index contributed by atoms with van der Waals surface area (Å²) in [5.41, 5.74) is -2.43. The van der Waals surface area contributed by atoms with E-state index in [0.717, 1.165) is 70.6 Å². The quantitative estimate of drug-likeness (QED) is 0.0419. The largest absolute Gasteiger partial charge is 0.390 e. The molecule has 0 aromatic rings. The van der Waals surface area contributed by atoms with Crippen LogP contribution in [0.15, 0.2) is 12.2 Å². The van der Waals surface area contributed by atoms with Gasteiger partial charge < -0.3 is 15.3 Å². The van der Waals surface area contributed by atoms with Crippen molar-refractivity contribution in [2.75, 3.05) is 0 Å². The average molecular weight is 847 g/mol. The van der Waals surface area contributed by atoms with Gasteiger partial charge in [0.1, 0.15) is 0 Å². The fraction of sp³-hybridized carbons (Fsp3) is 0.927. The molecule has 60 heavy (non-hydrogen) atoms. The van der Waals surface area contributed by atoms with Gasteiger partial charge >= 0.3 is 0 Å². The fourth-order valence-electron chi connectivity index (χ4n) is 8.88. The molecule has 0 fully saturated rings. The Balaban J connectivity index is 4.64. The van der Waals surface area contributed by atoms with Gasteiger partial charge in [-0.1, -0.05) is 264 Å². The maximum Gasteiger partial charge on any atom is 0.181 e. The Morgan fingerprint density at radius 2 is 0.650 bits per heavy atom. The molecule has 0 aromatic carbocycles. The topological polar surface area (TPSA) is 94.8 Å². The van der Waals surface area contributed by atoms with Crippen molar-refractivity contribution in [3.8, 4) is 0 Å². The second-order valence-corrected chi connectivity index (χ2v) is 19.1. The predicted octanol–water partition coefficient (Wildman–Crippen LogP) is 16.7. The first kappa shape index (κ1) is 59.0. The number of ketones is 2. The van der Waals surface area contributed by atoms with Crippen molar-refractivity contribution in [3.05, 3.63) is 12.2 Å². The molecule has 0 aliphatic rings. The minimum Gasteiger partial charge on any atom is -0.390 e. The zero-order valence-corrected chi connectivity index (χ0v) is 40.8. The minimum absolute atomic E-state index is 0.0771. The number of aliphatic hydroxyl groups excluding tert-OH is 2. The van der Waals surface area contributed by atoms with Gasteiger partial charge in [-0.15, -0.1) is 0 Å². The van der Waals surface area contributed by atoms with Crippen LogP contribution >= 0.6 is 0 Å². The van der Waals surface area contributed by atoms with Gasteiger partial charge in [0.25, 0.3) is 0 Å². The van der Waals surface area contributed by atoms with Crippen LogP contribution in [-0.2, 0) is 9.59 Å². The van der Waals surface area contributed by atoms with E-state index in [1.54, 1.807) is 0 Å². The van der Waals surface area contributed by atoms with Gasteiger partial charge in [0.2, 0.25) is 0 Å². The van der Waals surface area contributed by atoms with E-state index >= 15 is 0 Å². The third kappa shape index (κ3) is 35.4. The molecule has 0 radical (unpaired) electrons. The molecule has 3 N–H and O–H groups in total. The summed E-state index contributed by atoms with van der Waals surface area (Å²) in [6.07, 6.45) is 52.3. The lowest BCUT2D eigenvalue weighted by atomic mass is 9.79. The first-order valence-corrected chi connectivity index (χ1v) is 27.2. The summed E-state index contributed by atoms with van der Waals surface area (Å²) < 4.78 is 0. The van der Waals surface area contributed by atoms with Crippen LogP contribution in [0.1, 0.15) is 310 Å². The fourth-order valence-corrected chi connectivity index (χ4v) is 8.88. The molecule has 0 aromatic heterocycles. The highest BCUT2D eigenvalue weighted by molar-refractivity contribution is 5.96. The summed E-state index contributed by atoms with van der Waals surface area (Å²) in [7, 11) is 0. The second kappa shape index (κ2) is 46.0. The third-order valence-corrected chi connectivity index (χ3v) is 13.2. The molecular formula is C55H106O5. The van der Waals surface area contributed by atoms with Gasteiger partial charge in [-0.3, -0.25) is 9.59 Å². The van der Waals surface area contributed by atoms with Crippen LogP contribution in [0.25, 0.3) is 0 Å². The van der Waals surface area contributed by atoms with E-state index in [-0.39, 0.29) is 19.3 Å². The van der Waals surface area contributed by atoms with Crippen LogP contribution < -0.4 is 0 Å². The van der Waals surface area contributed by atoms with E-state index in [4.69, 9.17) is 0 Å². The van der Waals surface area contributed by atoms with Crippen LogP contribution in [0.5, 0.6) is 0 Å². The number of carbonyl (C=O) groups is 2. The summed E-state index contributed by atoms with van der Waals surface area (Å²) >= 11 is 0. The molecule has 0 amide bonds. The maximum absolute atomic E-state index is 13.6. The SMILES string of the molecule is CCCCCCCC/C=C\CCCCCCCC(=O)C(O)(C(O)CCCCCCCCCCCCCCCCCC)C(O)C(=O)CCCCCCCCCCCCCCC. The van der Waals surface area contributed by atoms with Crippen molar-refractivity contribution in [1.29, 1.82) is 0 Å². The van der Waals surface area contributed by atoms with E-state index < -0.39 is 29.4 Å². The van der Waals surface area contributed by atoms with Gasteiger partial charge in [0.05, 0.1) is 6.10 Å². The molecule has 5 nitrogen and oxygen atoms in total. The predicted molar refractivity (Wildman–Crippen MR) is 261 cm³/mol. The highest BCUT2D eigenvalue weighted by Crippen LogP contribution is 2.27. The number of rotatable bonds is 50. The highest BCUT2D eigenvalue weighted by atomic mass is 16.4. The van der Waals surface area contributed by atoms with E-state index in [1.807, 2.05) is 0 Å². The van der Waals surface area contributed by atoms with Gasteiger partial charge in [-0.05, 0) is 44.9 Å². The van der Waals surface area contributed by atoms with Crippen molar-refractivity contribution in [2.24, 2.45) is 0 Å². The summed E-state index contributed by atoms with van der Waals surface area (Å²) in [6.45, 7) is 6.79. The number of hydrogen-bond acceptors (Lipinski definition) is 5. The van der Waals surface area contributed by atoms with Crippen LogP contribution in [-0.4, -0.2) is 44.7 Å². The summed E-state index contributed by atoms with van der Waals surface area (Å²) in [5, 5.41) is 34.3. The highest BCUT2D eigenvalue weighted by Gasteiger charge is 2.50. The number of carbonyl (C=O) groups excluding carboxylic acids is 2. The third-order valence-electron chi connectivity index (χ3n) is 13.2. The van der Waals surface area contributed by atoms with Gasteiger partial charge in [0, 0.05) is 12.8 Å². The lowest BCUT2D eigenvalue weighted by Crippen LogP contribution is -2.60. The maximum atomic E-state index is 13.6. The lowest BCUT2D eigenvalue weighted by molar-refractivity contribution is -0.179. The average Bonchev–Trinajstić information content (AvgIpc) is 3.25. The summed E-state index contributed by atoms with van der Waals surface area (Å²) in [6, 6.07) is 0. The molecule has 0 bridgehead atoms.